The standard InChI is InChI=1S/C14H20N2O4/c1-20-9-8-15-10-13(17)16-12-5-3-2-4-11(12)6-7-14(18)19/h2-5,15H,6-10H2,1H3,(H,16,17)(H,18,19). The van der Waals surface area contributed by atoms with Crippen LogP contribution in [0.1, 0.15) is 12.0 Å². The lowest BCUT2D eigenvalue weighted by Crippen LogP contribution is -2.30. The highest BCUT2D eigenvalue weighted by Crippen LogP contribution is 2.16. The highest BCUT2D eigenvalue weighted by molar-refractivity contribution is 5.93. The van der Waals surface area contributed by atoms with Crippen molar-refractivity contribution in [1.29, 1.82) is 0 Å². The van der Waals surface area contributed by atoms with Gasteiger partial charge in [-0.2, -0.15) is 0 Å². The molecule has 110 valence electrons. The molecule has 0 saturated carbocycles. The summed E-state index contributed by atoms with van der Waals surface area (Å²) in [5.41, 5.74) is 1.48. The summed E-state index contributed by atoms with van der Waals surface area (Å²) < 4.78 is 4.87. The molecular formula is C14H20N2O4. The van der Waals surface area contributed by atoms with Gasteiger partial charge >= 0.3 is 5.97 Å². The zero-order valence-corrected chi connectivity index (χ0v) is 11.5. The fourth-order valence-electron chi connectivity index (χ4n) is 1.67. The van der Waals surface area contributed by atoms with Gasteiger partial charge in [0.15, 0.2) is 0 Å². The van der Waals surface area contributed by atoms with Gasteiger partial charge in [-0.3, -0.25) is 9.59 Å². The minimum atomic E-state index is -0.854. The van der Waals surface area contributed by atoms with E-state index in [-0.39, 0.29) is 18.9 Å². The van der Waals surface area contributed by atoms with Crippen molar-refractivity contribution >= 4 is 17.6 Å². The van der Waals surface area contributed by atoms with E-state index in [9.17, 15) is 9.59 Å². The molecular weight excluding hydrogens is 260 g/mol. The molecule has 0 aliphatic heterocycles. The van der Waals surface area contributed by atoms with Crippen LogP contribution in [0, 0.1) is 0 Å². The Kier molecular flexibility index (Phi) is 7.31. The second-order valence-electron chi connectivity index (χ2n) is 4.27. The lowest BCUT2D eigenvalue weighted by Gasteiger charge is -2.10. The van der Waals surface area contributed by atoms with Crippen molar-refractivity contribution in [3.8, 4) is 0 Å². The molecule has 0 saturated heterocycles. The SMILES string of the molecule is COCCNCC(=O)Nc1ccccc1CCC(=O)O. The molecule has 0 heterocycles. The number of carboxylic acids is 1. The number of benzene rings is 1. The number of aryl methyl sites for hydroxylation is 1. The van der Waals surface area contributed by atoms with Crippen LogP contribution >= 0.6 is 0 Å². The number of hydrogen-bond acceptors (Lipinski definition) is 4. The van der Waals surface area contributed by atoms with Gasteiger partial charge in [0.2, 0.25) is 5.91 Å². The maximum atomic E-state index is 11.7. The summed E-state index contributed by atoms with van der Waals surface area (Å²) in [4.78, 5) is 22.3. The molecule has 6 heteroatoms. The molecule has 6 nitrogen and oxygen atoms in total. The van der Waals surface area contributed by atoms with Gasteiger partial charge in [0.25, 0.3) is 0 Å². The molecule has 0 unspecified atom stereocenters. The Bertz CT molecular complexity index is 449. The number of para-hydroxylation sites is 1. The lowest BCUT2D eigenvalue weighted by molar-refractivity contribution is -0.136. The summed E-state index contributed by atoms with van der Waals surface area (Å²) >= 11 is 0. The van der Waals surface area contributed by atoms with E-state index in [1.165, 1.54) is 0 Å². The van der Waals surface area contributed by atoms with Crippen molar-refractivity contribution in [2.45, 2.75) is 12.8 Å². The average Bonchev–Trinajstić information content (AvgIpc) is 2.42. The van der Waals surface area contributed by atoms with E-state index in [0.717, 1.165) is 5.56 Å². The first-order valence-electron chi connectivity index (χ1n) is 6.42. The van der Waals surface area contributed by atoms with Crippen molar-refractivity contribution in [2.24, 2.45) is 0 Å². The molecule has 0 fully saturated rings. The fourth-order valence-corrected chi connectivity index (χ4v) is 1.67. The third kappa shape index (κ3) is 6.31. The number of amides is 1. The van der Waals surface area contributed by atoms with Gasteiger partial charge in [-0.15, -0.1) is 0 Å². The lowest BCUT2D eigenvalue weighted by atomic mass is 10.1. The summed E-state index contributed by atoms with van der Waals surface area (Å²) in [6.07, 6.45) is 0.432. The molecule has 0 aliphatic rings. The van der Waals surface area contributed by atoms with Gasteiger partial charge in [0.1, 0.15) is 0 Å². The first-order valence-corrected chi connectivity index (χ1v) is 6.42. The van der Waals surface area contributed by atoms with Crippen LogP contribution in [0.25, 0.3) is 0 Å². The molecule has 0 aromatic heterocycles. The van der Waals surface area contributed by atoms with E-state index in [1.54, 1.807) is 19.2 Å². The van der Waals surface area contributed by atoms with Crippen molar-refractivity contribution in [2.75, 3.05) is 32.1 Å². The molecule has 3 N–H and O–H groups in total. The van der Waals surface area contributed by atoms with E-state index in [0.29, 0.717) is 25.3 Å². The predicted molar refractivity (Wildman–Crippen MR) is 75.8 cm³/mol. The van der Waals surface area contributed by atoms with Crippen LogP contribution in [-0.4, -0.2) is 43.8 Å². The van der Waals surface area contributed by atoms with Crippen molar-refractivity contribution in [1.82, 2.24) is 5.32 Å². The third-order valence-corrected chi connectivity index (χ3v) is 2.67. The first kappa shape index (κ1) is 16.1. The van der Waals surface area contributed by atoms with Gasteiger partial charge < -0.3 is 20.5 Å². The summed E-state index contributed by atoms with van der Waals surface area (Å²) in [7, 11) is 1.60. The number of carboxylic acid groups (broad SMARTS) is 1. The van der Waals surface area contributed by atoms with Gasteiger partial charge in [-0.1, -0.05) is 18.2 Å². The van der Waals surface area contributed by atoms with Gasteiger partial charge in [-0.05, 0) is 18.1 Å². The molecule has 0 bridgehead atoms. The first-order chi connectivity index (χ1) is 9.63. The number of carbonyl (C=O) groups excluding carboxylic acids is 1. The predicted octanol–water partition coefficient (Wildman–Crippen LogP) is 0.878. The van der Waals surface area contributed by atoms with Crippen LogP contribution in [0.15, 0.2) is 24.3 Å². The number of hydrogen-bond donors (Lipinski definition) is 3. The number of nitrogens with one attached hydrogen (secondary N) is 2. The normalized spacial score (nSPS) is 10.2. The Balaban J connectivity index is 2.49. The van der Waals surface area contributed by atoms with Crippen molar-refractivity contribution < 1.29 is 19.4 Å². The second-order valence-corrected chi connectivity index (χ2v) is 4.27. The number of aliphatic carboxylic acids is 1. The number of anilines is 1. The van der Waals surface area contributed by atoms with E-state index in [2.05, 4.69) is 10.6 Å². The Hall–Kier alpha value is -1.92. The Morgan fingerprint density at radius 3 is 2.75 bits per heavy atom. The Morgan fingerprint density at radius 2 is 2.05 bits per heavy atom. The van der Waals surface area contributed by atoms with Crippen LogP contribution in [0.3, 0.4) is 0 Å². The van der Waals surface area contributed by atoms with Gasteiger partial charge in [0, 0.05) is 25.8 Å². The number of ether oxygens (including phenoxy) is 1. The molecule has 0 radical (unpaired) electrons. The van der Waals surface area contributed by atoms with Gasteiger partial charge in [0.05, 0.1) is 13.2 Å². The van der Waals surface area contributed by atoms with Crippen molar-refractivity contribution in [3.05, 3.63) is 29.8 Å². The number of rotatable bonds is 9. The highest BCUT2D eigenvalue weighted by Gasteiger charge is 2.07. The smallest absolute Gasteiger partial charge is 0.303 e. The number of carbonyl (C=O) groups is 2. The largest absolute Gasteiger partial charge is 0.481 e. The molecule has 1 aromatic carbocycles. The summed E-state index contributed by atoms with van der Waals surface area (Å²) in [6.45, 7) is 1.34. The summed E-state index contributed by atoms with van der Waals surface area (Å²) in [5, 5.41) is 14.4. The molecule has 1 amide bonds. The summed E-state index contributed by atoms with van der Waals surface area (Å²) in [6, 6.07) is 7.21. The zero-order valence-electron chi connectivity index (χ0n) is 11.5. The quantitative estimate of drug-likeness (QED) is 0.584. The summed E-state index contributed by atoms with van der Waals surface area (Å²) in [5.74, 6) is -1.02. The minimum absolute atomic E-state index is 0.0406. The van der Waals surface area contributed by atoms with E-state index >= 15 is 0 Å². The minimum Gasteiger partial charge on any atom is -0.481 e. The van der Waals surface area contributed by atoms with Gasteiger partial charge in [-0.25, -0.2) is 0 Å². The average molecular weight is 280 g/mol. The zero-order chi connectivity index (χ0) is 14.8. The molecule has 0 spiro atoms. The Labute approximate surface area is 118 Å². The highest BCUT2D eigenvalue weighted by atomic mass is 16.5. The third-order valence-electron chi connectivity index (χ3n) is 2.67. The topological polar surface area (TPSA) is 87.7 Å². The molecule has 20 heavy (non-hydrogen) atoms. The number of methoxy groups -OCH3 is 1. The van der Waals surface area contributed by atoms with E-state index in [1.807, 2.05) is 12.1 Å². The molecule has 0 aliphatic carbocycles. The van der Waals surface area contributed by atoms with Crippen molar-refractivity contribution in [3.63, 3.8) is 0 Å². The fraction of sp³-hybridized carbons (Fsp3) is 0.429. The van der Waals surface area contributed by atoms with Crippen LogP contribution in [0.4, 0.5) is 5.69 Å². The van der Waals surface area contributed by atoms with Crippen LogP contribution in [-0.2, 0) is 20.7 Å². The molecule has 0 atom stereocenters. The maximum absolute atomic E-state index is 11.7. The van der Waals surface area contributed by atoms with Crippen LogP contribution in [0.2, 0.25) is 0 Å². The molecule has 1 aromatic rings. The molecule has 1 rings (SSSR count). The second kappa shape index (κ2) is 9.06. The van der Waals surface area contributed by atoms with Crippen LogP contribution < -0.4 is 10.6 Å². The van der Waals surface area contributed by atoms with E-state index in [4.69, 9.17) is 9.84 Å². The maximum Gasteiger partial charge on any atom is 0.303 e. The monoisotopic (exact) mass is 280 g/mol. The van der Waals surface area contributed by atoms with E-state index < -0.39 is 5.97 Å². The Morgan fingerprint density at radius 1 is 1.30 bits per heavy atom. The van der Waals surface area contributed by atoms with Crippen LogP contribution in [0.5, 0.6) is 0 Å².